The molecule has 23 heavy (non-hydrogen) atoms. The zero-order valence-corrected chi connectivity index (χ0v) is 14.4. The van der Waals surface area contributed by atoms with E-state index >= 15 is 0 Å². The van der Waals surface area contributed by atoms with Crippen LogP contribution in [0.25, 0.3) is 0 Å². The van der Waals surface area contributed by atoms with Gasteiger partial charge in [-0.05, 0) is 11.4 Å². The standard InChI is InChI=1S/C15H19NO5S2/c1-10(17)22-6-4-13(18)16-9-15(21,8-12(16)14(19)20)7-11-3-2-5-23-11/h2-3,5,12,21H,4,6-9H2,1H3,(H,19,20)/t12-,15?/m0/s1. The lowest BCUT2D eigenvalue weighted by molar-refractivity contribution is -0.148. The fourth-order valence-corrected chi connectivity index (χ4v) is 4.14. The van der Waals surface area contributed by atoms with Crippen molar-refractivity contribution in [3.8, 4) is 0 Å². The Morgan fingerprint density at radius 1 is 1.48 bits per heavy atom. The highest BCUT2D eigenvalue weighted by molar-refractivity contribution is 8.13. The van der Waals surface area contributed by atoms with Crippen molar-refractivity contribution in [2.75, 3.05) is 12.3 Å². The predicted molar refractivity (Wildman–Crippen MR) is 88.5 cm³/mol. The molecule has 0 radical (unpaired) electrons. The minimum Gasteiger partial charge on any atom is -0.480 e. The number of carboxylic acid groups (broad SMARTS) is 1. The van der Waals surface area contributed by atoms with Crippen molar-refractivity contribution in [3.63, 3.8) is 0 Å². The van der Waals surface area contributed by atoms with Crippen LogP contribution >= 0.6 is 23.1 Å². The normalized spacial score (nSPS) is 23.9. The Kier molecular flexibility index (Phi) is 5.83. The molecule has 0 saturated carbocycles. The van der Waals surface area contributed by atoms with Gasteiger partial charge in [-0.15, -0.1) is 11.3 Å². The second kappa shape index (κ2) is 7.46. The molecule has 126 valence electrons. The van der Waals surface area contributed by atoms with Gasteiger partial charge in [0.15, 0.2) is 5.12 Å². The summed E-state index contributed by atoms with van der Waals surface area (Å²) in [6.07, 6.45) is 0.440. The van der Waals surface area contributed by atoms with E-state index in [1.54, 1.807) is 0 Å². The Balaban J connectivity index is 2.04. The molecule has 2 rings (SSSR count). The fourth-order valence-electron chi connectivity index (χ4n) is 2.74. The van der Waals surface area contributed by atoms with E-state index in [0.29, 0.717) is 12.2 Å². The van der Waals surface area contributed by atoms with Gasteiger partial charge in [0.05, 0.1) is 12.1 Å². The largest absolute Gasteiger partial charge is 0.480 e. The molecule has 2 heterocycles. The van der Waals surface area contributed by atoms with Crippen LogP contribution < -0.4 is 0 Å². The number of aliphatic carboxylic acids is 1. The Bertz CT molecular complexity index is 589. The number of amides is 1. The molecule has 8 heteroatoms. The first-order valence-corrected chi connectivity index (χ1v) is 9.08. The molecule has 0 aromatic carbocycles. The van der Waals surface area contributed by atoms with E-state index < -0.39 is 17.6 Å². The molecule has 2 N–H and O–H groups in total. The second-order valence-corrected chi connectivity index (χ2v) is 7.95. The van der Waals surface area contributed by atoms with E-state index in [0.717, 1.165) is 16.6 Å². The summed E-state index contributed by atoms with van der Waals surface area (Å²) in [5.74, 6) is -1.13. The number of rotatable bonds is 6. The number of carboxylic acids is 1. The fraction of sp³-hybridized carbons (Fsp3) is 0.533. The quantitative estimate of drug-likeness (QED) is 0.799. The molecule has 1 saturated heterocycles. The maximum atomic E-state index is 12.3. The van der Waals surface area contributed by atoms with Crippen LogP contribution in [0.1, 0.15) is 24.6 Å². The third kappa shape index (κ3) is 4.79. The van der Waals surface area contributed by atoms with E-state index in [9.17, 15) is 24.6 Å². The number of thiophene rings is 1. The van der Waals surface area contributed by atoms with Crippen molar-refractivity contribution in [1.29, 1.82) is 0 Å². The van der Waals surface area contributed by atoms with Crippen LogP contribution in [0.3, 0.4) is 0 Å². The minimum atomic E-state index is -1.22. The van der Waals surface area contributed by atoms with Crippen molar-refractivity contribution < 1.29 is 24.6 Å². The molecule has 1 fully saturated rings. The first-order chi connectivity index (χ1) is 10.8. The molecule has 0 spiro atoms. The van der Waals surface area contributed by atoms with Crippen molar-refractivity contribution in [2.24, 2.45) is 0 Å². The molecule has 1 aromatic rings. The molecule has 1 amide bonds. The highest BCUT2D eigenvalue weighted by Gasteiger charge is 2.47. The summed E-state index contributed by atoms with van der Waals surface area (Å²) in [6, 6.07) is 2.73. The van der Waals surface area contributed by atoms with Crippen LogP contribution in [0.2, 0.25) is 0 Å². The average molecular weight is 357 g/mol. The zero-order valence-electron chi connectivity index (χ0n) is 12.7. The Hall–Kier alpha value is -1.38. The van der Waals surface area contributed by atoms with Gasteiger partial charge < -0.3 is 15.1 Å². The van der Waals surface area contributed by atoms with E-state index in [2.05, 4.69) is 0 Å². The van der Waals surface area contributed by atoms with Crippen LogP contribution in [0.5, 0.6) is 0 Å². The first-order valence-electron chi connectivity index (χ1n) is 7.21. The maximum absolute atomic E-state index is 12.3. The number of hydrogen-bond donors (Lipinski definition) is 2. The van der Waals surface area contributed by atoms with Crippen molar-refractivity contribution in [2.45, 2.75) is 37.8 Å². The highest BCUT2D eigenvalue weighted by Crippen LogP contribution is 2.32. The number of β-amino-alcohol motifs (C(OH)–C–C–N with tert-alkyl or cyclic N) is 1. The van der Waals surface area contributed by atoms with Crippen LogP contribution in [-0.4, -0.2) is 56.0 Å². The lowest BCUT2D eigenvalue weighted by Gasteiger charge is -2.23. The van der Waals surface area contributed by atoms with E-state index in [1.807, 2.05) is 17.5 Å². The monoisotopic (exact) mass is 357 g/mol. The number of carbonyl (C=O) groups excluding carboxylic acids is 2. The molecule has 2 atom stereocenters. The molecule has 1 unspecified atom stereocenters. The number of thioether (sulfide) groups is 1. The van der Waals surface area contributed by atoms with Gasteiger partial charge in [-0.1, -0.05) is 17.8 Å². The number of aliphatic hydroxyl groups is 1. The summed E-state index contributed by atoms with van der Waals surface area (Å²) in [5, 5.41) is 21.9. The Labute approximate surface area is 142 Å². The van der Waals surface area contributed by atoms with Crippen molar-refractivity contribution >= 4 is 40.1 Å². The van der Waals surface area contributed by atoms with E-state index in [1.165, 1.54) is 23.2 Å². The molecule has 0 bridgehead atoms. The summed E-state index contributed by atoms with van der Waals surface area (Å²) in [5.41, 5.74) is -1.22. The SMILES string of the molecule is CC(=O)SCCC(=O)N1CC(O)(Cc2cccs2)C[C@H]1C(=O)O. The summed E-state index contributed by atoms with van der Waals surface area (Å²) < 4.78 is 0. The summed E-state index contributed by atoms with van der Waals surface area (Å²) in [4.78, 5) is 36.8. The lowest BCUT2D eigenvalue weighted by Crippen LogP contribution is -2.41. The minimum absolute atomic E-state index is 0.00539. The van der Waals surface area contributed by atoms with Gasteiger partial charge in [0.2, 0.25) is 5.91 Å². The molecular weight excluding hydrogens is 338 g/mol. The third-order valence-corrected chi connectivity index (χ3v) is 5.42. The van der Waals surface area contributed by atoms with Gasteiger partial charge in [0.1, 0.15) is 6.04 Å². The number of hydrogen-bond acceptors (Lipinski definition) is 6. The smallest absolute Gasteiger partial charge is 0.326 e. The van der Waals surface area contributed by atoms with Crippen LogP contribution in [0.4, 0.5) is 0 Å². The molecule has 6 nitrogen and oxygen atoms in total. The van der Waals surface area contributed by atoms with Crippen LogP contribution in [0.15, 0.2) is 17.5 Å². The van der Waals surface area contributed by atoms with Crippen molar-refractivity contribution in [3.05, 3.63) is 22.4 Å². The zero-order chi connectivity index (χ0) is 17.0. The average Bonchev–Trinajstić information content (AvgIpc) is 3.06. The number of likely N-dealkylation sites (tertiary alicyclic amines) is 1. The van der Waals surface area contributed by atoms with Gasteiger partial charge in [-0.25, -0.2) is 4.79 Å². The Morgan fingerprint density at radius 2 is 2.22 bits per heavy atom. The van der Waals surface area contributed by atoms with Gasteiger partial charge in [0.25, 0.3) is 0 Å². The van der Waals surface area contributed by atoms with Crippen LogP contribution in [0, 0.1) is 0 Å². The maximum Gasteiger partial charge on any atom is 0.326 e. The summed E-state index contributed by atoms with van der Waals surface area (Å²) in [6.45, 7) is 1.43. The topological polar surface area (TPSA) is 94.9 Å². The summed E-state index contributed by atoms with van der Waals surface area (Å²) >= 11 is 2.53. The van der Waals surface area contributed by atoms with E-state index in [4.69, 9.17) is 0 Å². The van der Waals surface area contributed by atoms with E-state index in [-0.39, 0.29) is 30.4 Å². The summed E-state index contributed by atoms with van der Waals surface area (Å²) in [7, 11) is 0. The predicted octanol–water partition coefficient (Wildman–Crippen LogP) is 1.38. The molecule has 0 aliphatic carbocycles. The van der Waals surface area contributed by atoms with Gasteiger partial charge in [-0.2, -0.15) is 0 Å². The Morgan fingerprint density at radius 3 is 2.78 bits per heavy atom. The number of carbonyl (C=O) groups is 3. The van der Waals surface area contributed by atoms with Crippen LogP contribution in [-0.2, 0) is 20.8 Å². The van der Waals surface area contributed by atoms with Gasteiger partial charge in [-0.3, -0.25) is 9.59 Å². The molecule has 1 aliphatic heterocycles. The lowest BCUT2D eigenvalue weighted by atomic mass is 9.95. The van der Waals surface area contributed by atoms with Gasteiger partial charge in [0, 0.05) is 36.8 Å². The first kappa shape index (κ1) is 18.0. The molecule has 1 aromatic heterocycles. The molecule has 1 aliphatic rings. The van der Waals surface area contributed by atoms with Crippen molar-refractivity contribution in [1.82, 2.24) is 4.90 Å². The number of nitrogens with zero attached hydrogens (tertiary/aromatic N) is 1. The van der Waals surface area contributed by atoms with Gasteiger partial charge >= 0.3 is 5.97 Å². The highest BCUT2D eigenvalue weighted by atomic mass is 32.2. The third-order valence-electron chi connectivity index (χ3n) is 3.72. The molecular formula is C15H19NO5S2. The second-order valence-electron chi connectivity index (χ2n) is 5.65.